The van der Waals surface area contributed by atoms with Gasteiger partial charge in [-0.2, -0.15) is 0 Å². The highest BCUT2D eigenvalue weighted by molar-refractivity contribution is 9.10. The summed E-state index contributed by atoms with van der Waals surface area (Å²) in [6.07, 6.45) is 2.21. The molecule has 3 heteroatoms. The van der Waals surface area contributed by atoms with E-state index in [1.54, 1.807) is 0 Å². The van der Waals surface area contributed by atoms with Crippen molar-refractivity contribution < 1.29 is 4.74 Å². The van der Waals surface area contributed by atoms with Crippen molar-refractivity contribution in [2.24, 2.45) is 11.7 Å². The van der Waals surface area contributed by atoms with Gasteiger partial charge < -0.3 is 10.5 Å². The predicted molar refractivity (Wildman–Crippen MR) is 60.3 cm³/mol. The molecule has 0 amide bonds. The number of hydrogen-bond donors (Lipinski definition) is 1. The van der Waals surface area contributed by atoms with Crippen molar-refractivity contribution in [3.8, 4) is 5.75 Å². The fourth-order valence-electron chi connectivity index (χ4n) is 1.69. The molecular formula is C11H14BrNO. The first-order valence-electron chi connectivity index (χ1n) is 4.88. The third-order valence-electron chi connectivity index (χ3n) is 2.55. The highest BCUT2D eigenvalue weighted by Crippen LogP contribution is 2.27. The molecule has 0 spiro atoms. The third-order valence-corrected chi connectivity index (χ3v) is 3.05. The first kappa shape index (κ1) is 9.99. The van der Waals surface area contributed by atoms with Crippen molar-refractivity contribution >= 4 is 15.9 Å². The van der Waals surface area contributed by atoms with E-state index in [9.17, 15) is 0 Å². The second-order valence-electron chi connectivity index (χ2n) is 3.87. The van der Waals surface area contributed by atoms with Gasteiger partial charge in [0.25, 0.3) is 0 Å². The molecule has 2 rings (SSSR count). The predicted octanol–water partition coefficient (Wildman–Crippen LogP) is 2.57. The lowest BCUT2D eigenvalue weighted by molar-refractivity contribution is 0.160. The first-order valence-corrected chi connectivity index (χ1v) is 5.67. The van der Waals surface area contributed by atoms with Crippen molar-refractivity contribution in [1.82, 2.24) is 0 Å². The van der Waals surface area contributed by atoms with Gasteiger partial charge in [-0.1, -0.05) is 22.0 Å². The van der Waals surface area contributed by atoms with Crippen LogP contribution in [0.3, 0.4) is 0 Å². The summed E-state index contributed by atoms with van der Waals surface area (Å²) in [6, 6.07) is 8.34. The van der Waals surface area contributed by atoms with Gasteiger partial charge in [-0.15, -0.1) is 0 Å². The largest absolute Gasteiger partial charge is 0.493 e. The summed E-state index contributed by atoms with van der Waals surface area (Å²) in [7, 11) is 0. The van der Waals surface area contributed by atoms with Crippen LogP contribution in [-0.4, -0.2) is 12.6 Å². The molecule has 1 aromatic rings. The van der Waals surface area contributed by atoms with Crippen molar-refractivity contribution in [3.63, 3.8) is 0 Å². The van der Waals surface area contributed by atoms with Crippen LogP contribution in [0, 0.1) is 5.92 Å². The zero-order valence-corrected chi connectivity index (χ0v) is 9.53. The number of benzene rings is 1. The van der Waals surface area contributed by atoms with Gasteiger partial charge in [-0.25, -0.2) is 0 Å². The van der Waals surface area contributed by atoms with Crippen molar-refractivity contribution in [3.05, 3.63) is 28.7 Å². The van der Waals surface area contributed by atoms with Crippen LogP contribution in [0.4, 0.5) is 0 Å². The average Bonchev–Trinajstić information content (AvgIpc) is 2.11. The second kappa shape index (κ2) is 4.32. The molecule has 1 saturated carbocycles. The first-order chi connectivity index (χ1) is 6.74. The molecule has 0 saturated heterocycles. The SMILES string of the molecule is NC1CC(COc2cccc(Br)c2)C1. The van der Waals surface area contributed by atoms with E-state index in [-0.39, 0.29) is 0 Å². The number of rotatable bonds is 3. The summed E-state index contributed by atoms with van der Waals surface area (Å²) in [5.41, 5.74) is 5.70. The molecule has 0 bridgehead atoms. The monoisotopic (exact) mass is 255 g/mol. The molecule has 2 N–H and O–H groups in total. The van der Waals surface area contributed by atoms with E-state index >= 15 is 0 Å². The Bertz CT molecular complexity index is 310. The molecule has 2 nitrogen and oxygen atoms in total. The van der Waals surface area contributed by atoms with Crippen LogP contribution in [0.5, 0.6) is 5.75 Å². The summed E-state index contributed by atoms with van der Waals surface area (Å²) in [5.74, 6) is 1.59. The van der Waals surface area contributed by atoms with Gasteiger partial charge in [0.15, 0.2) is 0 Å². The van der Waals surface area contributed by atoms with Gasteiger partial charge in [-0.05, 0) is 37.0 Å². The van der Waals surface area contributed by atoms with Crippen LogP contribution in [0.2, 0.25) is 0 Å². The maximum Gasteiger partial charge on any atom is 0.120 e. The molecule has 76 valence electrons. The highest BCUT2D eigenvalue weighted by atomic mass is 79.9. The number of hydrogen-bond acceptors (Lipinski definition) is 2. The number of nitrogens with two attached hydrogens (primary N) is 1. The minimum absolute atomic E-state index is 0.408. The van der Waals surface area contributed by atoms with Gasteiger partial charge in [-0.3, -0.25) is 0 Å². The minimum atomic E-state index is 0.408. The van der Waals surface area contributed by atoms with E-state index in [0.29, 0.717) is 12.0 Å². The molecule has 0 heterocycles. The lowest BCUT2D eigenvalue weighted by Crippen LogP contribution is -2.39. The van der Waals surface area contributed by atoms with Gasteiger partial charge in [0.1, 0.15) is 5.75 Å². The number of halogens is 1. The molecule has 0 unspecified atom stereocenters. The normalized spacial score (nSPS) is 25.6. The summed E-state index contributed by atoms with van der Waals surface area (Å²) in [4.78, 5) is 0. The van der Waals surface area contributed by atoms with Crippen LogP contribution in [0.1, 0.15) is 12.8 Å². The molecule has 1 fully saturated rings. The molecule has 1 aliphatic carbocycles. The van der Waals surface area contributed by atoms with E-state index in [1.165, 1.54) is 0 Å². The third kappa shape index (κ3) is 2.49. The fourth-order valence-corrected chi connectivity index (χ4v) is 2.07. The maximum absolute atomic E-state index is 5.70. The van der Waals surface area contributed by atoms with E-state index in [0.717, 1.165) is 29.7 Å². The zero-order valence-electron chi connectivity index (χ0n) is 7.95. The lowest BCUT2D eigenvalue weighted by Gasteiger charge is -2.32. The molecule has 14 heavy (non-hydrogen) atoms. The van der Waals surface area contributed by atoms with E-state index in [4.69, 9.17) is 10.5 Å². The standard InChI is InChI=1S/C11H14BrNO/c12-9-2-1-3-11(6-9)14-7-8-4-10(13)5-8/h1-3,6,8,10H,4-5,7,13H2. The fraction of sp³-hybridized carbons (Fsp3) is 0.455. The summed E-state index contributed by atoms with van der Waals surface area (Å²) >= 11 is 3.41. The van der Waals surface area contributed by atoms with Crippen molar-refractivity contribution in [1.29, 1.82) is 0 Å². The van der Waals surface area contributed by atoms with Crippen LogP contribution in [-0.2, 0) is 0 Å². The van der Waals surface area contributed by atoms with Crippen LogP contribution < -0.4 is 10.5 Å². The molecular weight excluding hydrogens is 242 g/mol. The smallest absolute Gasteiger partial charge is 0.120 e. The van der Waals surface area contributed by atoms with E-state index in [2.05, 4.69) is 15.9 Å². The van der Waals surface area contributed by atoms with Crippen molar-refractivity contribution in [2.45, 2.75) is 18.9 Å². The lowest BCUT2D eigenvalue weighted by atomic mass is 9.82. The Morgan fingerprint density at radius 2 is 2.21 bits per heavy atom. The van der Waals surface area contributed by atoms with Crippen molar-refractivity contribution in [2.75, 3.05) is 6.61 Å². The molecule has 0 atom stereocenters. The Morgan fingerprint density at radius 1 is 1.43 bits per heavy atom. The zero-order chi connectivity index (χ0) is 9.97. The quantitative estimate of drug-likeness (QED) is 0.902. The summed E-state index contributed by atoms with van der Waals surface area (Å²) in [6.45, 7) is 0.796. The van der Waals surface area contributed by atoms with Crippen LogP contribution in [0.25, 0.3) is 0 Å². The Morgan fingerprint density at radius 3 is 2.86 bits per heavy atom. The molecule has 1 aromatic carbocycles. The van der Waals surface area contributed by atoms with Crippen LogP contribution in [0.15, 0.2) is 28.7 Å². The van der Waals surface area contributed by atoms with E-state index < -0.39 is 0 Å². The summed E-state index contributed by atoms with van der Waals surface area (Å²) in [5, 5.41) is 0. The maximum atomic E-state index is 5.70. The van der Waals surface area contributed by atoms with E-state index in [1.807, 2.05) is 24.3 Å². The molecule has 1 aliphatic rings. The highest BCUT2D eigenvalue weighted by Gasteiger charge is 2.26. The average molecular weight is 256 g/mol. The minimum Gasteiger partial charge on any atom is -0.493 e. The Kier molecular flexibility index (Phi) is 3.08. The molecule has 0 aromatic heterocycles. The Labute approximate surface area is 92.6 Å². The van der Waals surface area contributed by atoms with Crippen LogP contribution >= 0.6 is 15.9 Å². The topological polar surface area (TPSA) is 35.2 Å². The number of ether oxygens (including phenoxy) is 1. The van der Waals surface area contributed by atoms with Gasteiger partial charge in [0, 0.05) is 10.5 Å². The van der Waals surface area contributed by atoms with Gasteiger partial charge in [0.2, 0.25) is 0 Å². The Hall–Kier alpha value is -0.540. The van der Waals surface area contributed by atoms with Gasteiger partial charge >= 0.3 is 0 Å². The Balaban J connectivity index is 1.80. The second-order valence-corrected chi connectivity index (χ2v) is 4.78. The molecule has 0 aliphatic heterocycles. The molecule has 0 radical (unpaired) electrons. The van der Waals surface area contributed by atoms with Gasteiger partial charge in [0.05, 0.1) is 6.61 Å². The summed E-state index contributed by atoms with van der Waals surface area (Å²) < 4.78 is 6.71.